The molecule has 1 heterocycles. The minimum absolute atomic E-state index is 0.490. The van der Waals surface area contributed by atoms with Crippen LogP contribution in [0.4, 0.5) is 5.69 Å². The van der Waals surface area contributed by atoms with Crippen LogP contribution >= 0.6 is 11.8 Å². The Morgan fingerprint density at radius 2 is 1.54 bits per heavy atom. The lowest BCUT2D eigenvalue weighted by Crippen LogP contribution is -2.33. The third kappa shape index (κ3) is 3.90. The number of rotatable bonds is 6. The number of methoxy groups -OCH3 is 1. The summed E-state index contributed by atoms with van der Waals surface area (Å²) in [5, 5.41) is 0.511. The van der Waals surface area contributed by atoms with Crippen LogP contribution in [-0.4, -0.2) is 24.9 Å². The van der Waals surface area contributed by atoms with Gasteiger partial charge in [-0.3, -0.25) is 0 Å². The van der Waals surface area contributed by atoms with E-state index in [1.54, 1.807) is 7.11 Å². The van der Waals surface area contributed by atoms with E-state index in [0.717, 1.165) is 18.7 Å². The van der Waals surface area contributed by atoms with Gasteiger partial charge in [0, 0.05) is 34.3 Å². The van der Waals surface area contributed by atoms with Crippen LogP contribution in [-0.2, 0) is 0 Å². The molecule has 0 amide bonds. The van der Waals surface area contributed by atoms with E-state index in [-0.39, 0.29) is 0 Å². The highest BCUT2D eigenvalue weighted by Crippen LogP contribution is 2.45. The average Bonchev–Trinajstić information content (AvgIpc) is 3.13. The van der Waals surface area contributed by atoms with Gasteiger partial charge >= 0.3 is 0 Å². The van der Waals surface area contributed by atoms with E-state index in [1.807, 2.05) is 11.8 Å². The standard InChI is InChI=1S/C25H27NOS/c1-3-24-25(28-22-12-8-5-9-13-22)23(19-10-6-4-7-11-19)18-26(24)20-14-16-21(27-2)17-15-20/h4-17,23-25H,3,18H2,1-2H3/t23-,24-,25+/m1/s1. The van der Waals surface area contributed by atoms with Crippen molar-refractivity contribution in [3.63, 3.8) is 0 Å². The van der Waals surface area contributed by atoms with Crippen molar-refractivity contribution in [1.29, 1.82) is 0 Å². The van der Waals surface area contributed by atoms with Crippen LogP contribution in [0.1, 0.15) is 24.8 Å². The molecule has 3 aromatic rings. The summed E-state index contributed by atoms with van der Waals surface area (Å²) in [4.78, 5) is 3.95. The van der Waals surface area contributed by atoms with Crippen molar-refractivity contribution in [2.75, 3.05) is 18.6 Å². The van der Waals surface area contributed by atoms with Crippen LogP contribution < -0.4 is 9.64 Å². The maximum absolute atomic E-state index is 5.35. The van der Waals surface area contributed by atoms with Gasteiger partial charge in [0.25, 0.3) is 0 Å². The van der Waals surface area contributed by atoms with E-state index in [2.05, 4.69) is 96.8 Å². The number of benzene rings is 3. The molecule has 4 rings (SSSR count). The van der Waals surface area contributed by atoms with Gasteiger partial charge in [0.1, 0.15) is 5.75 Å². The van der Waals surface area contributed by atoms with Crippen molar-refractivity contribution in [2.24, 2.45) is 0 Å². The highest BCUT2D eigenvalue weighted by atomic mass is 32.2. The molecule has 2 nitrogen and oxygen atoms in total. The van der Waals surface area contributed by atoms with Crippen molar-refractivity contribution in [3.05, 3.63) is 90.5 Å². The highest BCUT2D eigenvalue weighted by molar-refractivity contribution is 8.00. The minimum atomic E-state index is 0.490. The zero-order chi connectivity index (χ0) is 19.3. The summed E-state index contributed by atoms with van der Waals surface area (Å²) in [6.45, 7) is 3.35. The van der Waals surface area contributed by atoms with Crippen LogP contribution in [0, 0.1) is 0 Å². The van der Waals surface area contributed by atoms with E-state index in [4.69, 9.17) is 4.74 Å². The molecule has 0 aromatic heterocycles. The topological polar surface area (TPSA) is 12.5 Å². The maximum atomic E-state index is 5.35. The Balaban J connectivity index is 1.68. The summed E-state index contributed by atoms with van der Waals surface area (Å²) >= 11 is 2.03. The second-order valence-corrected chi connectivity index (χ2v) is 8.49. The third-order valence-electron chi connectivity index (χ3n) is 5.63. The molecule has 0 aliphatic carbocycles. The van der Waals surface area contributed by atoms with E-state index >= 15 is 0 Å². The fourth-order valence-electron chi connectivity index (χ4n) is 4.23. The third-order valence-corrected chi connectivity index (χ3v) is 7.09. The van der Waals surface area contributed by atoms with E-state index < -0.39 is 0 Å². The van der Waals surface area contributed by atoms with E-state index in [0.29, 0.717) is 17.2 Å². The molecular weight excluding hydrogens is 362 g/mol. The number of hydrogen-bond donors (Lipinski definition) is 0. The van der Waals surface area contributed by atoms with Crippen LogP contribution in [0.3, 0.4) is 0 Å². The Bertz CT molecular complexity index is 866. The van der Waals surface area contributed by atoms with Crippen molar-refractivity contribution >= 4 is 17.4 Å². The first-order valence-corrected chi connectivity index (χ1v) is 10.9. The maximum Gasteiger partial charge on any atom is 0.119 e. The second-order valence-electron chi connectivity index (χ2n) is 7.24. The van der Waals surface area contributed by atoms with Gasteiger partial charge < -0.3 is 9.64 Å². The molecule has 28 heavy (non-hydrogen) atoms. The molecule has 1 saturated heterocycles. The normalized spacial score (nSPS) is 21.6. The quantitative estimate of drug-likeness (QED) is 0.495. The summed E-state index contributed by atoms with van der Waals surface area (Å²) in [5.74, 6) is 1.41. The summed E-state index contributed by atoms with van der Waals surface area (Å²) in [6, 6.07) is 30.8. The molecule has 0 N–H and O–H groups in total. The number of hydrogen-bond acceptors (Lipinski definition) is 3. The molecule has 1 aliphatic heterocycles. The first-order valence-electron chi connectivity index (χ1n) is 9.97. The van der Waals surface area contributed by atoms with Crippen LogP contribution in [0.5, 0.6) is 5.75 Å². The van der Waals surface area contributed by atoms with E-state index in [9.17, 15) is 0 Å². The van der Waals surface area contributed by atoms with Crippen LogP contribution in [0.25, 0.3) is 0 Å². The van der Waals surface area contributed by atoms with Crippen molar-refractivity contribution in [2.45, 2.75) is 35.4 Å². The number of ether oxygens (including phenoxy) is 1. The first-order chi connectivity index (χ1) is 13.8. The summed E-state index contributed by atoms with van der Waals surface area (Å²) in [6.07, 6.45) is 1.12. The molecule has 3 atom stereocenters. The molecule has 3 aromatic carbocycles. The molecule has 0 saturated carbocycles. The average molecular weight is 390 g/mol. The minimum Gasteiger partial charge on any atom is -0.497 e. The van der Waals surface area contributed by atoms with E-state index in [1.165, 1.54) is 16.1 Å². The molecule has 0 bridgehead atoms. The van der Waals surface area contributed by atoms with Crippen molar-refractivity contribution < 1.29 is 4.74 Å². The zero-order valence-corrected chi connectivity index (χ0v) is 17.3. The molecule has 0 radical (unpaired) electrons. The molecule has 0 spiro atoms. The molecular formula is C25H27NOS. The smallest absolute Gasteiger partial charge is 0.119 e. The lowest BCUT2D eigenvalue weighted by Gasteiger charge is -2.29. The lowest BCUT2D eigenvalue weighted by molar-refractivity contribution is 0.415. The van der Waals surface area contributed by atoms with Gasteiger partial charge in [0.15, 0.2) is 0 Å². The number of nitrogens with zero attached hydrogens (tertiary/aromatic N) is 1. The largest absolute Gasteiger partial charge is 0.497 e. The fourth-order valence-corrected chi connectivity index (χ4v) is 5.76. The lowest BCUT2D eigenvalue weighted by atomic mass is 9.95. The van der Waals surface area contributed by atoms with Gasteiger partial charge in [-0.25, -0.2) is 0 Å². The van der Waals surface area contributed by atoms with Gasteiger partial charge in [-0.05, 0) is 48.4 Å². The predicted molar refractivity (Wildman–Crippen MR) is 120 cm³/mol. The molecule has 3 heteroatoms. The SMILES string of the molecule is CC[C@@H]1[C@@H](Sc2ccccc2)[C@@H](c2ccccc2)CN1c1ccc(OC)cc1. The second kappa shape index (κ2) is 8.74. The molecule has 144 valence electrons. The highest BCUT2D eigenvalue weighted by Gasteiger charge is 2.42. The van der Waals surface area contributed by atoms with Gasteiger partial charge in [-0.2, -0.15) is 0 Å². The van der Waals surface area contributed by atoms with Crippen LogP contribution in [0.2, 0.25) is 0 Å². The Labute approximate surface area is 172 Å². The summed E-state index contributed by atoms with van der Waals surface area (Å²) < 4.78 is 5.35. The van der Waals surface area contributed by atoms with Crippen LogP contribution in [0.15, 0.2) is 89.8 Å². The molecule has 1 aliphatic rings. The van der Waals surface area contributed by atoms with Crippen molar-refractivity contribution in [1.82, 2.24) is 0 Å². The van der Waals surface area contributed by atoms with Gasteiger partial charge in [0.2, 0.25) is 0 Å². The Kier molecular flexibility index (Phi) is 5.92. The number of anilines is 1. The first kappa shape index (κ1) is 18.9. The fraction of sp³-hybridized carbons (Fsp3) is 0.280. The molecule has 0 unspecified atom stereocenters. The summed E-state index contributed by atoms with van der Waals surface area (Å²) in [5.41, 5.74) is 2.72. The van der Waals surface area contributed by atoms with Gasteiger partial charge in [-0.15, -0.1) is 11.8 Å². The predicted octanol–water partition coefficient (Wildman–Crippen LogP) is 6.24. The Hall–Kier alpha value is -2.39. The van der Waals surface area contributed by atoms with Gasteiger partial charge in [0.05, 0.1) is 7.11 Å². The monoisotopic (exact) mass is 389 g/mol. The molecule has 1 fully saturated rings. The van der Waals surface area contributed by atoms with Gasteiger partial charge in [-0.1, -0.05) is 55.5 Å². The Morgan fingerprint density at radius 1 is 0.893 bits per heavy atom. The zero-order valence-electron chi connectivity index (χ0n) is 16.5. The summed E-state index contributed by atoms with van der Waals surface area (Å²) in [7, 11) is 1.72. The number of thioether (sulfide) groups is 1. The van der Waals surface area contributed by atoms with Crippen molar-refractivity contribution in [3.8, 4) is 5.75 Å². The Morgan fingerprint density at radius 3 is 2.14 bits per heavy atom.